The molecule has 6 N–H and O–H groups in total. The summed E-state index contributed by atoms with van der Waals surface area (Å²) in [4.78, 5) is 26.6. The van der Waals surface area contributed by atoms with Crippen LogP contribution in [0.25, 0.3) is 0 Å². The lowest BCUT2D eigenvalue weighted by molar-refractivity contribution is -0.305. The Morgan fingerprint density at radius 1 is 0.481 bits per heavy atom. The largest absolute Gasteiger partial charge is 0.454 e. The molecule has 1 aliphatic rings. The van der Waals surface area contributed by atoms with Gasteiger partial charge in [-0.25, -0.2) is 0 Å². The van der Waals surface area contributed by atoms with E-state index in [9.17, 15) is 35.1 Å². The molecule has 0 spiro atoms. The lowest BCUT2D eigenvalue weighted by Gasteiger charge is -2.41. The molecule has 1 rings (SSSR count). The van der Waals surface area contributed by atoms with Crippen molar-refractivity contribution in [1.29, 1.82) is 0 Å². The Morgan fingerprint density at radius 3 is 1.23 bits per heavy atom. The van der Waals surface area contributed by atoms with Crippen LogP contribution in [0.3, 0.4) is 0 Å². The third kappa shape index (κ3) is 44.4. The fourth-order valence-corrected chi connectivity index (χ4v) is 10.9. The highest BCUT2D eigenvalue weighted by molar-refractivity contribution is 5.80. The van der Waals surface area contributed by atoms with Gasteiger partial charge in [0, 0.05) is 6.42 Å². The van der Waals surface area contributed by atoms with Crippen molar-refractivity contribution in [2.75, 3.05) is 13.2 Å². The molecule has 11 heteroatoms. The zero-order valence-electron chi connectivity index (χ0n) is 51.8. The minimum absolute atomic E-state index is 0.107. The number of hydrogen-bond donors (Lipinski definition) is 6. The summed E-state index contributed by atoms with van der Waals surface area (Å²) < 4.78 is 17.6. The van der Waals surface area contributed by atoms with Crippen molar-refractivity contribution in [3.8, 4) is 0 Å². The van der Waals surface area contributed by atoms with Crippen LogP contribution in [-0.4, -0.2) is 99.6 Å². The summed E-state index contributed by atoms with van der Waals surface area (Å²) in [5.41, 5.74) is 0. The fourth-order valence-electron chi connectivity index (χ4n) is 10.9. The summed E-state index contributed by atoms with van der Waals surface area (Å²) in [5.74, 6) is -1.20. The Morgan fingerprint density at radius 2 is 0.835 bits per heavy atom. The lowest BCUT2D eigenvalue weighted by Crippen LogP contribution is -2.61. The third-order valence-electron chi connectivity index (χ3n) is 16.4. The van der Waals surface area contributed by atoms with E-state index >= 15 is 0 Å². The maximum absolute atomic E-state index is 13.5. The van der Waals surface area contributed by atoms with Gasteiger partial charge in [-0.15, -0.1) is 0 Å². The molecule has 8 unspecified atom stereocenters. The van der Waals surface area contributed by atoms with Gasteiger partial charge in [-0.3, -0.25) is 9.59 Å². The van der Waals surface area contributed by atoms with Crippen LogP contribution in [-0.2, 0) is 23.8 Å². The summed E-state index contributed by atoms with van der Waals surface area (Å²) in [6, 6.07) is -1.02. The van der Waals surface area contributed by atoms with Gasteiger partial charge in [0.05, 0.1) is 25.4 Å². The maximum atomic E-state index is 13.5. The average molecular weight is 1120 g/mol. The lowest BCUT2D eigenvalue weighted by atomic mass is 9.99. The van der Waals surface area contributed by atoms with Crippen molar-refractivity contribution in [3.05, 3.63) is 24.3 Å². The van der Waals surface area contributed by atoms with Crippen molar-refractivity contribution < 1.29 is 49.3 Å². The number of hydrogen-bond acceptors (Lipinski definition) is 10. The third-order valence-corrected chi connectivity index (χ3v) is 16.4. The smallest absolute Gasteiger partial charge is 0.306 e. The summed E-state index contributed by atoms with van der Waals surface area (Å²) in [5, 5.41) is 57.1. The second-order valence-electron chi connectivity index (χ2n) is 23.9. The SMILES string of the molecule is CCCCCCCCC/C=C\CCCCCC(=O)OC1C(OCC(NC(=O)C(O)CCCCCCCCCCCCCCCCCCCCCCCCCC)C(O)/C=C/CCCCCCCCCCCC)OC(CO)C(O)C1O. The van der Waals surface area contributed by atoms with Crippen LogP contribution in [0, 0.1) is 0 Å². The van der Waals surface area contributed by atoms with E-state index in [1.54, 1.807) is 6.08 Å². The van der Waals surface area contributed by atoms with Gasteiger partial charge in [-0.2, -0.15) is 0 Å². The molecule has 0 aliphatic carbocycles. The Kier molecular flexibility index (Phi) is 53.9. The molecule has 0 saturated carbocycles. The molecular formula is C68H129NO10. The minimum atomic E-state index is -1.62. The van der Waals surface area contributed by atoms with Gasteiger partial charge in [0.15, 0.2) is 12.4 Å². The zero-order valence-corrected chi connectivity index (χ0v) is 51.8. The number of rotatable bonds is 59. The molecule has 0 radical (unpaired) electrons. The molecule has 11 nitrogen and oxygen atoms in total. The number of esters is 1. The first-order chi connectivity index (χ1) is 38.7. The van der Waals surface area contributed by atoms with Crippen LogP contribution in [0.5, 0.6) is 0 Å². The first-order valence-electron chi connectivity index (χ1n) is 34.1. The van der Waals surface area contributed by atoms with E-state index < -0.39 is 67.4 Å². The Balaban J connectivity index is 2.57. The molecule has 0 aromatic rings. The summed E-state index contributed by atoms with van der Waals surface area (Å²) in [6.07, 6.45) is 56.6. The number of aliphatic hydroxyl groups excluding tert-OH is 5. The molecule has 466 valence electrons. The first kappa shape index (κ1) is 75.2. The van der Waals surface area contributed by atoms with E-state index in [0.717, 1.165) is 64.2 Å². The zero-order chi connectivity index (χ0) is 57.5. The Bertz CT molecular complexity index is 1380. The van der Waals surface area contributed by atoms with E-state index in [4.69, 9.17) is 14.2 Å². The molecule has 8 atom stereocenters. The van der Waals surface area contributed by atoms with E-state index in [1.165, 1.54) is 225 Å². The van der Waals surface area contributed by atoms with Crippen molar-refractivity contribution in [3.63, 3.8) is 0 Å². The van der Waals surface area contributed by atoms with Crippen LogP contribution in [0.2, 0.25) is 0 Å². The van der Waals surface area contributed by atoms with E-state index in [2.05, 4.69) is 38.2 Å². The number of carbonyl (C=O) groups is 2. The molecule has 0 bridgehead atoms. The molecule has 1 fully saturated rings. The van der Waals surface area contributed by atoms with E-state index in [1.807, 2.05) is 6.08 Å². The Hall–Kier alpha value is -1.86. The van der Waals surface area contributed by atoms with Gasteiger partial charge in [-0.05, 0) is 51.4 Å². The standard InChI is InChI=1S/C68H129NO10/c1-4-7-10-13-16-19-22-25-27-28-29-30-31-32-33-34-35-36-37-40-43-46-49-52-55-61(72)67(76)69-59(60(71)54-51-48-45-42-39-24-21-18-15-12-9-6-3)58-77-68-66(65(75)64(74)62(57-70)78-68)79-63(73)56-53-50-47-44-41-38-26-23-20-17-14-11-8-5-2/h38,41,51,54,59-62,64-66,68,70-72,74-75H,4-37,39-40,42-50,52-53,55-58H2,1-3H3,(H,69,76)/b41-38-,54-51+. The van der Waals surface area contributed by atoms with Gasteiger partial charge in [-0.1, -0.05) is 302 Å². The van der Waals surface area contributed by atoms with E-state index in [-0.39, 0.29) is 13.0 Å². The van der Waals surface area contributed by atoms with E-state index in [0.29, 0.717) is 19.3 Å². The predicted octanol–water partition coefficient (Wildman–Crippen LogP) is 16.8. The van der Waals surface area contributed by atoms with Crippen molar-refractivity contribution in [2.45, 2.75) is 384 Å². The molecule has 0 aromatic carbocycles. The maximum Gasteiger partial charge on any atom is 0.306 e. The topological polar surface area (TPSA) is 175 Å². The highest BCUT2D eigenvalue weighted by Crippen LogP contribution is 2.26. The number of aliphatic hydroxyl groups is 5. The number of nitrogens with one attached hydrogen (secondary N) is 1. The summed E-state index contributed by atoms with van der Waals surface area (Å²) in [7, 11) is 0. The number of allylic oxidation sites excluding steroid dienone is 3. The van der Waals surface area contributed by atoms with Crippen molar-refractivity contribution >= 4 is 11.9 Å². The monoisotopic (exact) mass is 1120 g/mol. The summed E-state index contributed by atoms with van der Waals surface area (Å²) >= 11 is 0. The quantitative estimate of drug-likeness (QED) is 0.0195. The second kappa shape index (κ2) is 56.6. The van der Waals surface area contributed by atoms with Gasteiger partial charge in [0.2, 0.25) is 5.91 Å². The normalized spacial score (nSPS) is 18.9. The van der Waals surface area contributed by atoms with Crippen LogP contribution in [0.15, 0.2) is 24.3 Å². The molecule has 79 heavy (non-hydrogen) atoms. The molecule has 1 aliphatic heterocycles. The van der Waals surface area contributed by atoms with Gasteiger partial charge < -0.3 is 45.1 Å². The predicted molar refractivity (Wildman–Crippen MR) is 329 cm³/mol. The van der Waals surface area contributed by atoms with Gasteiger partial charge in [0.25, 0.3) is 0 Å². The molecule has 0 aromatic heterocycles. The number of carbonyl (C=O) groups excluding carboxylic acids is 2. The van der Waals surface area contributed by atoms with Crippen LogP contribution in [0.4, 0.5) is 0 Å². The fraction of sp³-hybridized carbons (Fsp3) is 0.912. The van der Waals surface area contributed by atoms with Crippen LogP contribution >= 0.6 is 0 Å². The Labute approximate surface area is 486 Å². The van der Waals surface area contributed by atoms with Crippen LogP contribution < -0.4 is 5.32 Å². The van der Waals surface area contributed by atoms with Crippen LogP contribution in [0.1, 0.15) is 335 Å². The average Bonchev–Trinajstić information content (AvgIpc) is 3.49. The number of ether oxygens (including phenoxy) is 3. The first-order valence-corrected chi connectivity index (χ1v) is 34.1. The van der Waals surface area contributed by atoms with Crippen molar-refractivity contribution in [1.82, 2.24) is 5.32 Å². The minimum Gasteiger partial charge on any atom is -0.454 e. The summed E-state index contributed by atoms with van der Waals surface area (Å²) in [6.45, 7) is 5.82. The molecule has 1 amide bonds. The highest BCUT2D eigenvalue weighted by Gasteiger charge is 2.47. The number of unbranched alkanes of at least 4 members (excludes halogenated alkanes) is 43. The molecule has 1 saturated heterocycles. The second-order valence-corrected chi connectivity index (χ2v) is 23.9. The van der Waals surface area contributed by atoms with Gasteiger partial charge >= 0.3 is 5.97 Å². The highest BCUT2D eigenvalue weighted by atomic mass is 16.7. The number of amides is 1. The van der Waals surface area contributed by atoms with Crippen molar-refractivity contribution in [2.24, 2.45) is 0 Å². The van der Waals surface area contributed by atoms with Gasteiger partial charge in [0.1, 0.15) is 24.4 Å². The molecular weight excluding hydrogens is 991 g/mol. The molecule has 1 heterocycles.